The molecule has 2 fully saturated rings. The summed E-state index contributed by atoms with van der Waals surface area (Å²) in [5, 5.41) is 6.45. The van der Waals surface area contributed by atoms with Crippen molar-refractivity contribution >= 4 is 6.09 Å². The van der Waals surface area contributed by atoms with Crippen molar-refractivity contribution in [1.82, 2.24) is 10.6 Å². The fourth-order valence-electron chi connectivity index (χ4n) is 2.52. The van der Waals surface area contributed by atoms with Crippen LogP contribution in [0.15, 0.2) is 0 Å². The van der Waals surface area contributed by atoms with E-state index in [9.17, 15) is 4.79 Å². The summed E-state index contributed by atoms with van der Waals surface area (Å²) in [7, 11) is 0. The van der Waals surface area contributed by atoms with E-state index in [0.717, 1.165) is 13.0 Å². The summed E-state index contributed by atoms with van der Waals surface area (Å²) in [4.78, 5) is 11.6. The Morgan fingerprint density at radius 1 is 1.44 bits per heavy atom. The van der Waals surface area contributed by atoms with E-state index < -0.39 is 5.60 Å². The number of hydrogen-bond donors (Lipinski definition) is 2. The molecule has 1 aliphatic heterocycles. The first-order valence-corrected chi connectivity index (χ1v) is 6.13. The normalized spacial score (nSPS) is 27.6. The van der Waals surface area contributed by atoms with Gasteiger partial charge in [0, 0.05) is 18.1 Å². The van der Waals surface area contributed by atoms with Crippen LogP contribution in [0, 0.1) is 0 Å². The summed E-state index contributed by atoms with van der Waals surface area (Å²) < 4.78 is 5.24. The van der Waals surface area contributed by atoms with E-state index in [4.69, 9.17) is 4.74 Å². The molecule has 16 heavy (non-hydrogen) atoms. The van der Waals surface area contributed by atoms with Crippen LogP contribution < -0.4 is 10.6 Å². The summed E-state index contributed by atoms with van der Waals surface area (Å²) in [6, 6.07) is 0.232. The van der Waals surface area contributed by atoms with E-state index in [1.54, 1.807) is 0 Å². The van der Waals surface area contributed by atoms with Crippen LogP contribution in [0.2, 0.25) is 0 Å². The molecule has 2 N–H and O–H groups in total. The molecular weight excluding hydrogens is 204 g/mol. The van der Waals surface area contributed by atoms with Crippen LogP contribution >= 0.6 is 0 Å². The molecule has 4 heteroatoms. The minimum atomic E-state index is -0.412. The van der Waals surface area contributed by atoms with Crippen molar-refractivity contribution in [3.63, 3.8) is 0 Å². The van der Waals surface area contributed by atoms with Crippen LogP contribution in [0.3, 0.4) is 0 Å². The highest BCUT2D eigenvalue weighted by Gasteiger charge is 2.43. The van der Waals surface area contributed by atoms with Gasteiger partial charge in [-0.1, -0.05) is 0 Å². The lowest BCUT2D eigenvalue weighted by Gasteiger charge is -2.38. The third-order valence-electron chi connectivity index (χ3n) is 3.39. The molecule has 1 aliphatic carbocycles. The van der Waals surface area contributed by atoms with Gasteiger partial charge in [-0.05, 0) is 46.5 Å². The summed E-state index contributed by atoms with van der Waals surface area (Å²) in [6.45, 7) is 6.52. The van der Waals surface area contributed by atoms with Crippen LogP contribution in [-0.2, 0) is 4.74 Å². The van der Waals surface area contributed by atoms with Gasteiger partial charge in [-0.3, -0.25) is 0 Å². The highest BCUT2D eigenvalue weighted by molar-refractivity contribution is 5.68. The fraction of sp³-hybridized carbons (Fsp3) is 0.917. The third-order valence-corrected chi connectivity index (χ3v) is 3.39. The van der Waals surface area contributed by atoms with Gasteiger partial charge in [0.2, 0.25) is 0 Å². The molecule has 2 aliphatic rings. The molecule has 4 nitrogen and oxygen atoms in total. The van der Waals surface area contributed by atoms with Crippen molar-refractivity contribution in [3.8, 4) is 0 Å². The van der Waals surface area contributed by atoms with Gasteiger partial charge in [0.1, 0.15) is 5.60 Å². The Morgan fingerprint density at radius 3 is 2.56 bits per heavy atom. The number of amides is 1. The lowest BCUT2D eigenvalue weighted by Crippen LogP contribution is -2.45. The zero-order chi connectivity index (χ0) is 11.8. The maximum atomic E-state index is 11.6. The zero-order valence-corrected chi connectivity index (χ0v) is 10.4. The molecule has 92 valence electrons. The van der Waals surface area contributed by atoms with E-state index in [1.807, 2.05) is 20.8 Å². The van der Waals surface area contributed by atoms with Crippen LogP contribution in [0.25, 0.3) is 0 Å². The highest BCUT2D eigenvalue weighted by atomic mass is 16.6. The van der Waals surface area contributed by atoms with Gasteiger partial charge in [-0.15, -0.1) is 0 Å². The maximum absolute atomic E-state index is 11.6. The molecule has 1 saturated carbocycles. The Balaban J connectivity index is 1.76. The van der Waals surface area contributed by atoms with Gasteiger partial charge in [0.25, 0.3) is 0 Å². The summed E-state index contributed by atoms with van der Waals surface area (Å²) in [5.41, 5.74) is -0.0794. The fourth-order valence-corrected chi connectivity index (χ4v) is 2.52. The topological polar surface area (TPSA) is 50.4 Å². The highest BCUT2D eigenvalue weighted by Crippen LogP contribution is 2.38. The molecule has 0 bridgehead atoms. The third kappa shape index (κ3) is 2.67. The Labute approximate surface area is 97.1 Å². The largest absolute Gasteiger partial charge is 0.444 e. The molecule has 1 spiro atoms. The SMILES string of the molecule is CC(C)(C)OC(=O)NC1CNC2(CCC2)C1. The summed E-state index contributed by atoms with van der Waals surface area (Å²) in [6.07, 6.45) is 4.56. The van der Waals surface area contributed by atoms with Gasteiger partial charge in [-0.2, -0.15) is 0 Å². The molecule has 1 unspecified atom stereocenters. The van der Waals surface area contributed by atoms with Crippen LogP contribution in [0.1, 0.15) is 46.5 Å². The van der Waals surface area contributed by atoms with E-state index in [0.29, 0.717) is 5.54 Å². The maximum Gasteiger partial charge on any atom is 0.407 e. The van der Waals surface area contributed by atoms with Crippen molar-refractivity contribution in [2.24, 2.45) is 0 Å². The first-order chi connectivity index (χ1) is 7.39. The zero-order valence-electron chi connectivity index (χ0n) is 10.4. The van der Waals surface area contributed by atoms with E-state index in [-0.39, 0.29) is 12.1 Å². The molecule has 0 aromatic rings. The number of alkyl carbamates (subject to hydrolysis) is 1. The minimum Gasteiger partial charge on any atom is -0.444 e. The van der Waals surface area contributed by atoms with Crippen LogP contribution in [0.5, 0.6) is 0 Å². The molecule has 0 radical (unpaired) electrons. The second-order valence-corrected chi connectivity index (χ2v) is 6.06. The molecule has 1 atom stereocenters. The Morgan fingerprint density at radius 2 is 2.12 bits per heavy atom. The first-order valence-electron chi connectivity index (χ1n) is 6.13. The molecule has 1 saturated heterocycles. The van der Waals surface area contributed by atoms with Crippen molar-refractivity contribution in [2.75, 3.05) is 6.54 Å². The number of rotatable bonds is 1. The van der Waals surface area contributed by atoms with Gasteiger partial charge in [0.15, 0.2) is 0 Å². The molecule has 1 heterocycles. The molecular formula is C12H22N2O2. The van der Waals surface area contributed by atoms with Crippen LogP contribution in [-0.4, -0.2) is 29.8 Å². The predicted octanol–water partition coefficient (Wildman–Crippen LogP) is 1.80. The van der Waals surface area contributed by atoms with E-state index >= 15 is 0 Å². The standard InChI is InChI=1S/C12H22N2O2/c1-11(2,3)16-10(15)14-9-7-12(13-8-9)5-4-6-12/h9,13H,4-8H2,1-3H3,(H,14,15). The number of nitrogens with one attached hydrogen (secondary N) is 2. The number of hydrogen-bond acceptors (Lipinski definition) is 3. The summed E-state index contributed by atoms with van der Waals surface area (Å²) >= 11 is 0. The van der Waals surface area contributed by atoms with E-state index in [1.165, 1.54) is 19.3 Å². The quantitative estimate of drug-likeness (QED) is 0.716. The van der Waals surface area contributed by atoms with Gasteiger partial charge < -0.3 is 15.4 Å². The minimum absolute atomic E-state index is 0.232. The lowest BCUT2D eigenvalue weighted by molar-refractivity contribution is 0.0505. The monoisotopic (exact) mass is 226 g/mol. The predicted molar refractivity (Wildman–Crippen MR) is 62.4 cm³/mol. The van der Waals surface area contributed by atoms with E-state index in [2.05, 4.69) is 10.6 Å². The Kier molecular flexibility index (Phi) is 2.86. The van der Waals surface area contributed by atoms with Gasteiger partial charge in [-0.25, -0.2) is 4.79 Å². The van der Waals surface area contributed by atoms with Gasteiger partial charge >= 0.3 is 6.09 Å². The molecule has 0 aromatic heterocycles. The van der Waals surface area contributed by atoms with Crippen molar-refractivity contribution in [2.45, 2.75) is 63.6 Å². The van der Waals surface area contributed by atoms with Crippen molar-refractivity contribution < 1.29 is 9.53 Å². The number of carbonyl (C=O) groups excluding carboxylic acids is 1. The first kappa shape index (κ1) is 11.7. The second-order valence-electron chi connectivity index (χ2n) is 6.06. The summed E-state index contributed by atoms with van der Waals surface area (Å²) in [5.74, 6) is 0. The number of carbonyl (C=O) groups is 1. The average Bonchev–Trinajstić information content (AvgIpc) is 2.43. The molecule has 0 aromatic carbocycles. The Hall–Kier alpha value is -0.770. The van der Waals surface area contributed by atoms with Crippen LogP contribution in [0.4, 0.5) is 4.79 Å². The Bertz CT molecular complexity index is 279. The smallest absolute Gasteiger partial charge is 0.407 e. The van der Waals surface area contributed by atoms with Crippen molar-refractivity contribution in [3.05, 3.63) is 0 Å². The second kappa shape index (κ2) is 3.91. The molecule has 1 amide bonds. The lowest BCUT2D eigenvalue weighted by atomic mass is 9.75. The van der Waals surface area contributed by atoms with Crippen molar-refractivity contribution in [1.29, 1.82) is 0 Å². The van der Waals surface area contributed by atoms with Gasteiger partial charge in [0.05, 0.1) is 0 Å². The average molecular weight is 226 g/mol. The number of ether oxygens (including phenoxy) is 1. The molecule has 2 rings (SSSR count).